The van der Waals surface area contributed by atoms with E-state index in [0.717, 1.165) is 17.0 Å². The fourth-order valence-electron chi connectivity index (χ4n) is 2.25. The van der Waals surface area contributed by atoms with Crippen molar-refractivity contribution in [1.82, 2.24) is 0 Å². The van der Waals surface area contributed by atoms with Crippen molar-refractivity contribution in [2.75, 3.05) is 23.9 Å². The highest BCUT2D eigenvalue weighted by atomic mass is 19.2. The van der Waals surface area contributed by atoms with E-state index in [2.05, 4.69) is 10.1 Å². The molecule has 6 nitrogen and oxygen atoms in total. The van der Waals surface area contributed by atoms with Crippen molar-refractivity contribution in [1.29, 1.82) is 0 Å². The zero-order valence-corrected chi connectivity index (χ0v) is 14.1. The number of esters is 1. The van der Waals surface area contributed by atoms with Crippen LogP contribution in [0.2, 0.25) is 0 Å². The number of ether oxygens (including phenoxy) is 1. The number of carbonyl (C=O) groups is 3. The van der Waals surface area contributed by atoms with Gasteiger partial charge >= 0.3 is 5.97 Å². The van der Waals surface area contributed by atoms with Crippen molar-refractivity contribution in [2.24, 2.45) is 0 Å². The SMILES string of the molecule is COC(=O)c1ccccc1NC(=O)CN(C(C)=O)c1ccc(F)c(F)c1. The van der Waals surface area contributed by atoms with Crippen molar-refractivity contribution >= 4 is 29.2 Å². The van der Waals surface area contributed by atoms with E-state index in [0.29, 0.717) is 0 Å². The number of amides is 2. The third-order valence-electron chi connectivity index (χ3n) is 3.50. The van der Waals surface area contributed by atoms with E-state index in [1.807, 2.05) is 0 Å². The maximum absolute atomic E-state index is 13.4. The molecule has 26 heavy (non-hydrogen) atoms. The highest BCUT2D eigenvalue weighted by molar-refractivity contribution is 6.05. The molecule has 8 heteroatoms. The van der Waals surface area contributed by atoms with Crippen LogP contribution in [0.3, 0.4) is 0 Å². The molecule has 0 aliphatic heterocycles. The largest absolute Gasteiger partial charge is 0.465 e. The van der Waals surface area contributed by atoms with Gasteiger partial charge in [0.15, 0.2) is 11.6 Å². The number of nitrogens with zero attached hydrogens (tertiary/aromatic N) is 1. The van der Waals surface area contributed by atoms with Crippen molar-refractivity contribution in [3.8, 4) is 0 Å². The Kier molecular flexibility index (Phi) is 6.00. The molecule has 0 bridgehead atoms. The highest BCUT2D eigenvalue weighted by Gasteiger charge is 2.19. The van der Waals surface area contributed by atoms with E-state index >= 15 is 0 Å². The number of hydrogen-bond donors (Lipinski definition) is 1. The molecule has 136 valence electrons. The zero-order valence-electron chi connectivity index (χ0n) is 14.1. The number of benzene rings is 2. The van der Waals surface area contributed by atoms with Gasteiger partial charge in [-0.2, -0.15) is 0 Å². The van der Waals surface area contributed by atoms with Crippen molar-refractivity contribution in [3.63, 3.8) is 0 Å². The standard InChI is InChI=1S/C18H16F2N2O4/c1-11(23)22(12-7-8-14(19)15(20)9-12)10-17(24)21-16-6-4-3-5-13(16)18(25)26-2/h3-9H,10H2,1-2H3,(H,21,24). The summed E-state index contributed by atoms with van der Waals surface area (Å²) in [6.07, 6.45) is 0. The molecule has 2 aromatic rings. The van der Waals surface area contributed by atoms with Crippen molar-refractivity contribution in [3.05, 3.63) is 59.7 Å². The van der Waals surface area contributed by atoms with E-state index in [4.69, 9.17) is 0 Å². The first-order valence-corrected chi connectivity index (χ1v) is 7.54. The monoisotopic (exact) mass is 362 g/mol. The lowest BCUT2D eigenvalue weighted by molar-refractivity contribution is -0.120. The van der Waals surface area contributed by atoms with Crippen molar-refractivity contribution in [2.45, 2.75) is 6.92 Å². The van der Waals surface area contributed by atoms with Crippen molar-refractivity contribution < 1.29 is 27.9 Å². The molecule has 0 aliphatic rings. The average molecular weight is 362 g/mol. The number of anilines is 2. The molecule has 0 aromatic heterocycles. The normalized spacial score (nSPS) is 10.2. The minimum atomic E-state index is -1.13. The molecule has 0 heterocycles. The van der Waals surface area contributed by atoms with Crippen LogP contribution in [-0.4, -0.2) is 31.4 Å². The topological polar surface area (TPSA) is 75.7 Å². The fraction of sp³-hybridized carbons (Fsp3) is 0.167. The fourth-order valence-corrected chi connectivity index (χ4v) is 2.25. The van der Waals surface area contributed by atoms with Gasteiger partial charge < -0.3 is 15.0 Å². The molecular weight excluding hydrogens is 346 g/mol. The quantitative estimate of drug-likeness (QED) is 0.830. The third kappa shape index (κ3) is 4.41. The molecule has 0 radical (unpaired) electrons. The Morgan fingerprint density at radius 2 is 1.77 bits per heavy atom. The molecule has 2 aromatic carbocycles. The van der Waals surface area contributed by atoms with Gasteiger partial charge in [0.05, 0.1) is 18.4 Å². The predicted octanol–water partition coefficient (Wildman–Crippen LogP) is 2.74. The van der Waals surface area contributed by atoms with Gasteiger partial charge in [0.25, 0.3) is 0 Å². The molecular formula is C18H16F2N2O4. The summed E-state index contributed by atoms with van der Waals surface area (Å²) in [5.41, 5.74) is 0.386. The third-order valence-corrected chi connectivity index (χ3v) is 3.50. The zero-order chi connectivity index (χ0) is 19.3. The first kappa shape index (κ1) is 19.0. The van der Waals surface area contributed by atoms with E-state index in [1.54, 1.807) is 12.1 Å². The second-order valence-electron chi connectivity index (χ2n) is 5.29. The Morgan fingerprint density at radius 3 is 2.38 bits per heavy atom. The van der Waals surface area contributed by atoms with Crippen LogP contribution in [0.4, 0.5) is 20.2 Å². The van der Waals surface area contributed by atoms with E-state index in [1.165, 1.54) is 32.2 Å². The summed E-state index contributed by atoms with van der Waals surface area (Å²) in [4.78, 5) is 36.8. The lowest BCUT2D eigenvalue weighted by atomic mass is 10.2. The van der Waals surface area contributed by atoms with Crippen LogP contribution < -0.4 is 10.2 Å². The van der Waals surface area contributed by atoms with Gasteiger partial charge in [-0.25, -0.2) is 13.6 Å². The number of halogens is 2. The summed E-state index contributed by atoms with van der Waals surface area (Å²) in [5.74, 6) is -3.99. The van der Waals surface area contributed by atoms with Crippen LogP contribution in [0, 0.1) is 11.6 Å². The Morgan fingerprint density at radius 1 is 1.08 bits per heavy atom. The summed E-state index contributed by atoms with van der Waals surface area (Å²) in [6, 6.07) is 9.07. The van der Waals surface area contributed by atoms with E-state index < -0.39 is 36.0 Å². The van der Waals surface area contributed by atoms with Gasteiger partial charge in [-0.3, -0.25) is 9.59 Å². The van der Waals surface area contributed by atoms with E-state index in [9.17, 15) is 23.2 Å². The van der Waals surface area contributed by atoms with Gasteiger partial charge in [0.1, 0.15) is 6.54 Å². The number of rotatable bonds is 5. The number of para-hydroxylation sites is 1. The van der Waals surface area contributed by atoms with Gasteiger partial charge in [0.2, 0.25) is 11.8 Å². The summed E-state index contributed by atoms with van der Waals surface area (Å²) in [5, 5.41) is 2.51. The molecule has 0 saturated carbocycles. The average Bonchev–Trinajstić information content (AvgIpc) is 2.61. The van der Waals surface area contributed by atoms with Gasteiger partial charge in [-0.1, -0.05) is 12.1 Å². The Bertz CT molecular complexity index is 855. The summed E-state index contributed by atoms with van der Waals surface area (Å²) in [7, 11) is 1.21. The molecule has 0 spiro atoms. The second-order valence-corrected chi connectivity index (χ2v) is 5.29. The van der Waals surface area contributed by atoms with Gasteiger partial charge in [-0.05, 0) is 24.3 Å². The molecule has 0 aliphatic carbocycles. The maximum Gasteiger partial charge on any atom is 0.339 e. The number of hydrogen-bond acceptors (Lipinski definition) is 4. The molecule has 0 unspecified atom stereocenters. The molecule has 0 atom stereocenters. The molecule has 2 amide bonds. The maximum atomic E-state index is 13.4. The van der Waals surface area contributed by atoms with Crippen LogP contribution in [0.25, 0.3) is 0 Å². The van der Waals surface area contributed by atoms with Crippen LogP contribution >= 0.6 is 0 Å². The van der Waals surface area contributed by atoms with Gasteiger partial charge in [0, 0.05) is 18.7 Å². The van der Waals surface area contributed by atoms with Crippen LogP contribution in [0.15, 0.2) is 42.5 Å². The van der Waals surface area contributed by atoms with Crippen LogP contribution in [-0.2, 0) is 14.3 Å². The Labute approximate surface area is 148 Å². The highest BCUT2D eigenvalue weighted by Crippen LogP contribution is 2.19. The first-order valence-electron chi connectivity index (χ1n) is 7.54. The van der Waals surface area contributed by atoms with Crippen LogP contribution in [0.1, 0.15) is 17.3 Å². The summed E-state index contributed by atoms with van der Waals surface area (Å²) in [6.45, 7) is 0.743. The molecule has 1 N–H and O–H groups in total. The summed E-state index contributed by atoms with van der Waals surface area (Å²) < 4.78 is 31.1. The lowest BCUT2D eigenvalue weighted by Crippen LogP contribution is -2.37. The van der Waals surface area contributed by atoms with Gasteiger partial charge in [-0.15, -0.1) is 0 Å². The summed E-state index contributed by atoms with van der Waals surface area (Å²) >= 11 is 0. The lowest BCUT2D eigenvalue weighted by Gasteiger charge is -2.21. The molecule has 0 saturated heterocycles. The van der Waals surface area contributed by atoms with E-state index in [-0.39, 0.29) is 16.9 Å². The minimum absolute atomic E-state index is 0.0350. The molecule has 2 rings (SSSR count). The number of methoxy groups -OCH3 is 1. The number of nitrogens with one attached hydrogen (secondary N) is 1. The number of carbonyl (C=O) groups excluding carboxylic acids is 3. The first-order chi connectivity index (χ1) is 12.3. The Hall–Kier alpha value is -3.29. The minimum Gasteiger partial charge on any atom is -0.465 e. The second kappa shape index (κ2) is 8.19. The molecule has 0 fully saturated rings. The smallest absolute Gasteiger partial charge is 0.339 e. The van der Waals surface area contributed by atoms with Crippen LogP contribution in [0.5, 0.6) is 0 Å². The Balaban J connectivity index is 2.20. The predicted molar refractivity (Wildman–Crippen MR) is 90.8 cm³/mol.